The molecule has 0 unspecified atom stereocenters. The molecule has 6 nitrogen and oxygen atoms in total. The van der Waals surface area contributed by atoms with Crippen LogP contribution >= 0.6 is 11.8 Å². The van der Waals surface area contributed by atoms with Gasteiger partial charge in [0.25, 0.3) is 0 Å². The highest BCUT2D eigenvalue weighted by Crippen LogP contribution is 2.40. The summed E-state index contributed by atoms with van der Waals surface area (Å²) in [6.45, 7) is 3.51. The van der Waals surface area contributed by atoms with Gasteiger partial charge in [-0.25, -0.2) is 0 Å². The van der Waals surface area contributed by atoms with Crippen molar-refractivity contribution >= 4 is 35.0 Å². The third-order valence-electron chi connectivity index (χ3n) is 5.64. The SMILES string of the molecule is CN(Cc1ccc(N2CCOCC2)cc1)C(=O)C[C@@H]1Sc2ccc(C(F)(F)F)cc2NC1=O. The molecule has 1 fully saturated rings. The first-order valence-electron chi connectivity index (χ1n) is 10.5. The van der Waals surface area contributed by atoms with E-state index in [1.54, 1.807) is 11.9 Å². The van der Waals surface area contributed by atoms with Crippen LogP contribution in [0.4, 0.5) is 24.5 Å². The molecule has 2 aromatic carbocycles. The lowest BCUT2D eigenvalue weighted by molar-refractivity contribution is -0.137. The molecule has 1 atom stereocenters. The molecule has 2 aliphatic heterocycles. The molecule has 1 N–H and O–H groups in total. The summed E-state index contributed by atoms with van der Waals surface area (Å²) < 4.78 is 44.1. The number of anilines is 2. The van der Waals surface area contributed by atoms with Crippen molar-refractivity contribution in [2.75, 3.05) is 43.6 Å². The van der Waals surface area contributed by atoms with Crippen molar-refractivity contribution < 1.29 is 27.5 Å². The summed E-state index contributed by atoms with van der Waals surface area (Å²) in [5.74, 6) is -0.682. The van der Waals surface area contributed by atoms with Crippen molar-refractivity contribution in [3.05, 3.63) is 53.6 Å². The first-order valence-corrected chi connectivity index (χ1v) is 11.4. The minimum absolute atomic E-state index is 0.0423. The molecule has 176 valence electrons. The molecule has 2 amide bonds. The smallest absolute Gasteiger partial charge is 0.378 e. The number of ether oxygens (including phenoxy) is 1. The number of benzene rings is 2. The van der Waals surface area contributed by atoms with Crippen molar-refractivity contribution in [1.82, 2.24) is 4.90 Å². The van der Waals surface area contributed by atoms with Gasteiger partial charge in [0.15, 0.2) is 0 Å². The van der Waals surface area contributed by atoms with Crippen LogP contribution in [0.15, 0.2) is 47.4 Å². The van der Waals surface area contributed by atoms with Gasteiger partial charge in [-0.2, -0.15) is 13.2 Å². The van der Waals surface area contributed by atoms with Gasteiger partial charge in [-0.3, -0.25) is 9.59 Å². The van der Waals surface area contributed by atoms with Crippen molar-refractivity contribution in [2.24, 2.45) is 0 Å². The summed E-state index contributed by atoms with van der Waals surface area (Å²) >= 11 is 1.11. The summed E-state index contributed by atoms with van der Waals surface area (Å²) in [7, 11) is 1.67. The Bertz CT molecular complexity index is 1020. The van der Waals surface area contributed by atoms with Crippen LogP contribution in [-0.2, 0) is 27.0 Å². The summed E-state index contributed by atoms with van der Waals surface area (Å²) in [4.78, 5) is 29.5. The molecule has 2 heterocycles. The number of nitrogens with one attached hydrogen (secondary N) is 1. The van der Waals surface area contributed by atoms with Crippen LogP contribution in [0.1, 0.15) is 17.5 Å². The minimum Gasteiger partial charge on any atom is -0.378 e. The normalized spacial score (nSPS) is 18.5. The van der Waals surface area contributed by atoms with Crippen molar-refractivity contribution in [3.63, 3.8) is 0 Å². The van der Waals surface area contributed by atoms with E-state index in [0.29, 0.717) is 24.7 Å². The Morgan fingerprint density at radius 2 is 1.88 bits per heavy atom. The molecule has 2 aliphatic rings. The first kappa shape index (κ1) is 23.4. The standard InChI is InChI=1S/C23H24F3N3O3S/c1-28(14-15-2-5-17(6-3-15)29-8-10-32-11-9-29)21(30)13-20-22(31)27-18-12-16(23(24,25)26)4-7-19(18)33-20/h2-7,12,20H,8-11,13-14H2,1H3,(H,27,31)/t20-/m0/s1. The Hall–Kier alpha value is -2.72. The van der Waals surface area contributed by atoms with Crippen LogP contribution in [0.5, 0.6) is 0 Å². The molecule has 10 heteroatoms. The van der Waals surface area contributed by atoms with E-state index in [-0.39, 0.29) is 18.0 Å². The maximum Gasteiger partial charge on any atom is 0.416 e. The van der Waals surface area contributed by atoms with Gasteiger partial charge < -0.3 is 19.9 Å². The van der Waals surface area contributed by atoms with Gasteiger partial charge in [-0.05, 0) is 35.9 Å². The third-order valence-corrected chi connectivity index (χ3v) is 6.92. The Morgan fingerprint density at radius 3 is 2.55 bits per heavy atom. The lowest BCUT2D eigenvalue weighted by atomic mass is 10.1. The van der Waals surface area contributed by atoms with Crippen LogP contribution in [0, 0.1) is 0 Å². The van der Waals surface area contributed by atoms with Crippen LogP contribution < -0.4 is 10.2 Å². The highest BCUT2D eigenvalue weighted by Gasteiger charge is 2.34. The molecule has 0 spiro atoms. The molecule has 0 saturated carbocycles. The van der Waals surface area contributed by atoms with Gasteiger partial charge in [-0.1, -0.05) is 12.1 Å². The minimum atomic E-state index is -4.49. The monoisotopic (exact) mass is 479 g/mol. The van der Waals surface area contributed by atoms with Crippen LogP contribution in [0.3, 0.4) is 0 Å². The Morgan fingerprint density at radius 1 is 1.18 bits per heavy atom. The molecule has 0 aliphatic carbocycles. The molecule has 0 bridgehead atoms. The molecule has 4 rings (SSSR count). The number of alkyl halides is 3. The number of hydrogen-bond donors (Lipinski definition) is 1. The summed E-state index contributed by atoms with van der Waals surface area (Å²) in [6.07, 6.45) is -4.53. The van der Waals surface area contributed by atoms with Gasteiger partial charge in [0.2, 0.25) is 11.8 Å². The van der Waals surface area contributed by atoms with Gasteiger partial charge in [0, 0.05) is 43.7 Å². The lowest BCUT2D eigenvalue weighted by Gasteiger charge is -2.29. The highest BCUT2D eigenvalue weighted by molar-refractivity contribution is 8.01. The predicted octanol–water partition coefficient (Wildman–Crippen LogP) is 4.00. The van der Waals surface area contributed by atoms with E-state index in [9.17, 15) is 22.8 Å². The second kappa shape index (κ2) is 9.64. The molecular weight excluding hydrogens is 455 g/mol. The van der Waals surface area contributed by atoms with E-state index in [1.807, 2.05) is 24.3 Å². The lowest BCUT2D eigenvalue weighted by Crippen LogP contribution is -2.36. The number of hydrogen-bond acceptors (Lipinski definition) is 5. The summed E-state index contributed by atoms with van der Waals surface area (Å²) in [5, 5.41) is 1.81. The van der Waals surface area contributed by atoms with Crippen molar-refractivity contribution in [3.8, 4) is 0 Å². The maximum absolute atomic E-state index is 12.9. The average Bonchev–Trinajstić information content (AvgIpc) is 2.79. The van der Waals surface area contributed by atoms with Gasteiger partial charge in [-0.15, -0.1) is 11.8 Å². The first-order chi connectivity index (χ1) is 15.7. The van der Waals surface area contributed by atoms with E-state index in [1.165, 1.54) is 6.07 Å². The fourth-order valence-corrected chi connectivity index (χ4v) is 4.85. The number of nitrogens with zero attached hydrogens (tertiary/aromatic N) is 2. The zero-order valence-corrected chi connectivity index (χ0v) is 18.8. The van der Waals surface area contributed by atoms with Crippen molar-refractivity contribution in [2.45, 2.75) is 29.3 Å². The Balaban J connectivity index is 1.34. The number of carbonyl (C=O) groups excluding carboxylic acids is 2. The Kier molecular flexibility index (Phi) is 6.85. The second-order valence-corrected chi connectivity index (χ2v) is 9.27. The number of thioether (sulfide) groups is 1. The number of rotatable bonds is 5. The second-order valence-electron chi connectivity index (χ2n) is 8.02. The quantitative estimate of drug-likeness (QED) is 0.703. The molecule has 0 aromatic heterocycles. The average molecular weight is 480 g/mol. The van der Waals surface area contributed by atoms with Gasteiger partial charge >= 0.3 is 6.18 Å². The topological polar surface area (TPSA) is 61.9 Å². The van der Waals surface area contributed by atoms with Crippen LogP contribution in [-0.4, -0.2) is 55.3 Å². The van der Waals surface area contributed by atoms with E-state index in [2.05, 4.69) is 10.2 Å². The zero-order chi connectivity index (χ0) is 23.6. The molecule has 0 radical (unpaired) electrons. The van der Waals surface area contributed by atoms with Gasteiger partial charge in [0.1, 0.15) is 0 Å². The van der Waals surface area contributed by atoms with E-state index < -0.39 is 22.9 Å². The zero-order valence-electron chi connectivity index (χ0n) is 18.0. The number of morpholine rings is 1. The molecule has 2 aromatic rings. The fourth-order valence-electron chi connectivity index (χ4n) is 3.77. The van der Waals surface area contributed by atoms with E-state index >= 15 is 0 Å². The summed E-state index contributed by atoms with van der Waals surface area (Å²) in [5.41, 5.74) is 1.38. The van der Waals surface area contributed by atoms with E-state index in [4.69, 9.17) is 4.74 Å². The maximum atomic E-state index is 12.9. The molecule has 1 saturated heterocycles. The predicted molar refractivity (Wildman–Crippen MR) is 120 cm³/mol. The van der Waals surface area contributed by atoms with Gasteiger partial charge in [0.05, 0.1) is 29.7 Å². The molecule has 33 heavy (non-hydrogen) atoms. The number of carbonyl (C=O) groups is 2. The highest BCUT2D eigenvalue weighted by atomic mass is 32.2. The third kappa shape index (κ3) is 5.62. The van der Waals surface area contributed by atoms with Crippen LogP contribution in [0.2, 0.25) is 0 Å². The number of amides is 2. The number of fused-ring (bicyclic) bond motifs is 1. The largest absolute Gasteiger partial charge is 0.416 e. The molecular formula is C23H24F3N3O3S. The van der Waals surface area contributed by atoms with E-state index in [0.717, 1.165) is 48.2 Å². The Labute approximate surface area is 194 Å². The number of halogens is 3. The fraction of sp³-hybridized carbons (Fsp3) is 0.391. The van der Waals surface area contributed by atoms with Crippen LogP contribution in [0.25, 0.3) is 0 Å². The summed E-state index contributed by atoms with van der Waals surface area (Å²) in [6, 6.07) is 11.2. The van der Waals surface area contributed by atoms with Crippen molar-refractivity contribution in [1.29, 1.82) is 0 Å².